The second-order valence-corrected chi connectivity index (χ2v) is 9.51. The summed E-state index contributed by atoms with van der Waals surface area (Å²) < 4.78 is 32.0. The first-order chi connectivity index (χ1) is 14.9. The number of sulfonamides is 1. The second-order valence-electron chi connectivity index (χ2n) is 7.76. The van der Waals surface area contributed by atoms with Gasteiger partial charge in [0.15, 0.2) is 0 Å². The fourth-order valence-corrected chi connectivity index (χ4v) is 4.40. The van der Waals surface area contributed by atoms with Crippen molar-refractivity contribution in [3.8, 4) is 11.4 Å². The Bertz CT molecular complexity index is 1180. The Labute approximate surface area is 182 Å². The molecule has 1 saturated heterocycles. The standard InChI is InChI=1S/C21H28N6O3S/c1-4-16-13-30-8-7-27(16)21-11-14(26-31(3,28)29)9-20(25-21)18-6-5-17-19(24-18)10-15(23-17)12-22-2/h5-6,9-11,16,22-23H,4,7-8,12-13H2,1-3H3,(H,25,26)/t16-/m0/s1. The highest BCUT2D eigenvalue weighted by atomic mass is 32.2. The van der Waals surface area contributed by atoms with E-state index in [0.29, 0.717) is 42.7 Å². The van der Waals surface area contributed by atoms with E-state index in [4.69, 9.17) is 14.7 Å². The molecule has 0 bridgehead atoms. The van der Waals surface area contributed by atoms with Gasteiger partial charge in [0, 0.05) is 24.8 Å². The lowest BCUT2D eigenvalue weighted by Gasteiger charge is -2.36. The predicted octanol–water partition coefficient (Wildman–Crippen LogP) is 2.33. The molecule has 4 rings (SSSR count). The Morgan fingerprint density at radius 3 is 2.81 bits per heavy atom. The van der Waals surface area contributed by atoms with Gasteiger partial charge < -0.3 is 19.9 Å². The van der Waals surface area contributed by atoms with E-state index in [9.17, 15) is 8.42 Å². The van der Waals surface area contributed by atoms with E-state index in [2.05, 4.69) is 26.8 Å². The predicted molar refractivity (Wildman–Crippen MR) is 123 cm³/mol. The maximum atomic E-state index is 11.9. The molecule has 166 valence electrons. The molecule has 3 N–H and O–H groups in total. The minimum absolute atomic E-state index is 0.187. The van der Waals surface area contributed by atoms with Crippen molar-refractivity contribution in [1.82, 2.24) is 20.3 Å². The number of aromatic nitrogens is 3. The third-order valence-corrected chi connectivity index (χ3v) is 5.88. The third kappa shape index (κ3) is 4.97. The van der Waals surface area contributed by atoms with Crippen LogP contribution in [0, 0.1) is 0 Å². The fraction of sp³-hybridized carbons (Fsp3) is 0.429. The number of nitrogens with one attached hydrogen (secondary N) is 3. The second kappa shape index (κ2) is 8.81. The molecule has 1 fully saturated rings. The molecule has 0 unspecified atom stereocenters. The highest BCUT2D eigenvalue weighted by Gasteiger charge is 2.24. The van der Waals surface area contributed by atoms with Crippen molar-refractivity contribution in [1.29, 1.82) is 0 Å². The number of pyridine rings is 2. The molecule has 1 aliphatic rings. The summed E-state index contributed by atoms with van der Waals surface area (Å²) in [5.74, 6) is 0.714. The molecule has 3 aromatic heterocycles. The van der Waals surface area contributed by atoms with Gasteiger partial charge in [-0.15, -0.1) is 0 Å². The Morgan fingerprint density at radius 1 is 1.23 bits per heavy atom. The van der Waals surface area contributed by atoms with Crippen LogP contribution in [0.4, 0.5) is 11.5 Å². The topological polar surface area (TPSA) is 112 Å². The number of fused-ring (bicyclic) bond motifs is 1. The zero-order chi connectivity index (χ0) is 22.0. The first-order valence-corrected chi connectivity index (χ1v) is 12.2. The summed E-state index contributed by atoms with van der Waals surface area (Å²) in [7, 11) is -1.54. The molecule has 10 heteroatoms. The first kappa shape index (κ1) is 21.5. The number of H-pyrrole nitrogens is 1. The lowest BCUT2D eigenvalue weighted by molar-refractivity contribution is 0.0926. The summed E-state index contributed by atoms with van der Waals surface area (Å²) in [5, 5.41) is 3.12. The van der Waals surface area contributed by atoms with Crippen LogP contribution in [0.25, 0.3) is 22.4 Å². The molecule has 3 aromatic rings. The van der Waals surface area contributed by atoms with Crippen LogP contribution in [0.3, 0.4) is 0 Å². The van der Waals surface area contributed by atoms with Crippen molar-refractivity contribution in [3.05, 3.63) is 36.0 Å². The van der Waals surface area contributed by atoms with Crippen LogP contribution >= 0.6 is 0 Å². The Balaban J connectivity index is 1.78. The molecule has 0 radical (unpaired) electrons. The number of hydrogen-bond donors (Lipinski definition) is 3. The van der Waals surface area contributed by atoms with E-state index in [1.807, 2.05) is 25.2 Å². The summed E-state index contributed by atoms with van der Waals surface area (Å²) in [6.07, 6.45) is 2.05. The summed E-state index contributed by atoms with van der Waals surface area (Å²) >= 11 is 0. The van der Waals surface area contributed by atoms with E-state index in [-0.39, 0.29) is 6.04 Å². The van der Waals surface area contributed by atoms with Crippen molar-refractivity contribution < 1.29 is 13.2 Å². The quantitative estimate of drug-likeness (QED) is 0.513. The number of aromatic amines is 1. The van der Waals surface area contributed by atoms with Crippen molar-refractivity contribution in [2.75, 3.05) is 42.7 Å². The smallest absolute Gasteiger partial charge is 0.229 e. The van der Waals surface area contributed by atoms with Gasteiger partial charge in [0.05, 0.1) is 53.6 Å². The minimum atomic E-state index is -3.43. The molecule has 1 aliphatic heterocycles. The van der Waals surface area contributed by atoms with E-state index in [1.54, 1.807) is 12.1 Å². The number of rotatable bonds is 7. The lowest BCUT2D eigenvalue weighted by atomic mass is 10.1. The first-order valence-electron chi connectivity index (χ1n) is 10.3. The number of anilines is 2. The summed E-state index contributed by atoms with van der Waals surface area (Å²) in [5.41, 5.74) is 4.59. The van der Waals surface area contributed by atoms with Crippen LogP contribution in [-0.4, -0.2) is 62.5 Å². The molecule has 0 aliphatic carbocycles. The molecular weight excluding hydrogens is 416 g/mol. The van der Waals surface area contributed by atoms with E-state index >= 15 is 0 Å². The van der Waals surface area contributed by atoms with Gasteiger partial charge in [0.1, 0.15) is 5.82 Å². The van der Waals surface area contributed by atoms with Gasteiger partial charge in [0.2, 0.25) is 10.0 Å². The van der Waals surface area contributed by atoms with Crippen LogP contribution in [0.1, 0.15) is 19.0 Å². The summed E-state index contributed by atoms with van der Waals surface area (Å²) in [6, 6.07) is 9.56. The molecular formula is C21H28N6O3S. The normalized spacial score (nSPS) is 17.3. The van der Waals surface area contributed by atoms with Crippen LogP contribution in [0.15, 0.2) is 30.3 Å². The minimum Gasteiger partial charge on any atom is -0.377 e. The number of hydrogen-bond acceptors (Lipinski definition) is 7. The highest BCUT2D eigenvalue weighted by Crippen LogP contribution is 2.29. The molecule has 0 saturated carbocycles. The number of morpholine rings is 1. The zero-order valence-electron chi connectivity index (χ0n) is 18.0. The monoisotopic (exact) mass is 444 g/mol. The number of ether oxygens (including phenoxy) is 1. The number of nitrogens with zero attached hydrogens (tertiary/aromatic N) is 3. The van der Waals surface area contributed by atoms with E-state index < -0.39 is 10.0 Å². The summed E-state index contributed by atoms with van der Waals surface area (Å²) in [4.78, 5) is 15.1. The van der Waals surface area contributed by atoms with Gasteiger partial charge in [-0.3, -0.25) is 4.72 Å². The zero-order valence-corrected chi connectivity index (χ0v) is 18.8. The molecule has 9 nitrogen and oxygen atoms in total. The molecule has 1 atom stereocenters. The van der Waals surface area contributed by atoms with Crippen molar-refractivity contribution in [2.24, 2.45) is 0 Å². The molecule has 0 aromatic carbocycles. The Hall–Kier alpha value is -2.69. The van der Waals surface area contributed by atoms with Gasteiger partial charge >= 0.3 is 0 Å². The van der Waals surface area contributed by atoms with Gasteiger partial charge in [-0.05, 0) is 37.7 Å². The van der Waals surface area contributed by atoms with Gasteiger partial charge in [0.25, 0.3) is 0 Å². The van der Waals surface area contributed by atoms with Crippen molar-refractivity contribution in [3.63, 3.8) is 0 Å². The molecule has 4 heterocycles. The largest absolute Gasteiger partial charge is 0.377 e. The van der Waals surface area contributed by atoms with Gasteiger partial charge in [-0.1, -0.05) is 6.92 Å². The van der Waals surface area contributed by atoms with Crippen LogP contribution in [0.5, 0.6) is 0 Å². The fourth-order valence-electron chi connectivity index (χ4n) is 3.86. The van der Waals surface area contributed by atoms with Crippen molar-refractivity contribution in [2.45, 2.75) is 25.9 Å². The third-order valence-electron chi connectivity index (χ3n) is 5.27. The summed E-state index contributed by atoms with van der Waals surface area (Å²) in [6.45, 7) is 4.76. The average molecular weight is 445 g/mol. The van der Waals surface area contributed by atoms with E-state index in [1.165, 1.54) is 0 Å². The SMILES string of the molecule is CC[C@H]1COCCN1c1cc(NS(C)(=O)=O)cc(-c2ccc3[nH]c(CNC)cc3n2)n1. The van der Waals surface area contributed by atoms with Crippen LogP contribution in [0.2, 0.25) is 0 Å². The maximum absolute atomic E-state index is 11.9. The maximum Gasteiger partial charge on any atom is 0.229 e. The van der Waals surface area contributed by atoms with Gasteiger partial charge in [-0.25, -0.2) is 18.4 Å². The molecule has 31 heavy (non-hydrogen) atoms. The van der Waals surface area contributed by atoms with Crippen molar-refractivity contribution >= 4 is 32.6 Å². The average Bonchev–Trinajstić information content (AvgIpc) is 3.14. The highest BCUT2D eigenvalue weighted by molar-refractivity contribution is 7.92. The molecule has 0 amide bonds. The Kier molecular flexibility index (Phi) is 6.12. The van der Waals surface area contributed by atoms with Crippen LogP contribution in [-0.2, 0) is 21.3 Å². The lowest BCUT2D eigenvalue weighted by Crippen LogP contribution is -2.45. The Morgan fingerprint density at radius 2 is 2.06 bits per heavy atom. The molecule has 0 spiro atoms. The van der Waals surface area contributed by atoms with Crippen LogP contribution < -0.4 is 14.9 Å². The van der Waals surface area contributed by atoms with E-state index in [0.717, 1.165) is 35.9 Å². The van der Waals surface area contributed by atoms with Gasteiger partial charge in [-0.2, -0.15) is 0 Å².